The van der Waals surface area contributed by atoms with Gasteiger partial charge in [-0.05, 0) is 42.0 Å². The predicted octanol–water partition coefficient (Wildman–Crippen LogP) is 3.25. The quantitative estimate of drug-likeness (QED) is 0.200. The summed E-state index contributed by atoms with van der Waals surface area (Å²) in [6, 6.07) is 12.8. The summed E-state index contributed by atoms with van der Waals surface area (Å²) in [5.74, 6) is -1.24. The Morgan fingerprint density at radius 1 is 1.12 bits per heavy atom. The number of methoxy groups -OCH3 is 1. The maximum absolute atomic E-state index is 13.1. The Bertz CT molecular complexity index is 1390. The molecule has 0 spiro atoms. The lowest BCUT2D eigenvalue weighted by molar-refractivity contribution is -0.385. The molecule has 0 amide bonds. The maximum Gasteiger partial charge on any atom is 0.337 e. The molecule has 3 rings (SSSR count). The van der Waals surface area contributed by atoms with Gasteiger partial charge in [0.25, 0.3) is 15.7 Å². The van der Waals surface area contributed by atoms with Crippen molar-refractivity contribution >= 4 is 39.3 Å². The molecule has 0 aliphatic carbocycles. The number of nitro groups is 1. The lowest BCUT2D eigenvalue weighted by atomic mass is 10.2. The molecule has 0 heterocycles. The normalized spacial score (nSPS) is 11.2. The number of carboxylic acids is 1. The van der Waals surface area contributed by atoms with Crippen LogP contribution < -0.4 is 14.9 Å². The fourth-order valence-corrected chi connectivity index (χ4v) is 4.12. The first-order chi connectivity index (χ1) is 16.1. The van der Waals surface area contributed by atoms with E-state index in [1.165, 1.54) is 49.7 Å². The van der Waals surface area contributed by atoms with Gasteiger partial charge in [-0.15, -0.1) is 0 Å². The van der Waals surface area contributed by atoms with E-state index in [1.807, 2.05) is 0 Å². The second kappa shape index (κ2) is 9.87. The van der Waals surface area contributed by atoms with Gasteiger partial charge in [0.2, 0.25) is 0 Å². The van der Waals surface area contributed by atoms with Crippen LogP contribution in [-0.2, 0) is 10.0 Å². The highest BCUT2D eigenvalue weighted by molar-refractivity contribution is 7.93. The van der Waals surface area contributed by atoms with Gasteiger partial charge in [-0.1, -0.05) is 12.1 Å². The Morgan fingerprint density at radius 2 is 1.85 bits per heavy atom. The molecule has 12 nitrogen and oxygen atoms in total. The number of anilines is 2. The van der Waals surface area contributed by atoms with Gasteiger partial charge in [-0.3, -0.25) is 20.3 Å². The molecule has 3 aromatic carbocycles. The van der Waals surface area contributed by atoms with Crippen LogP contribution in [0.5, 0.6) is 11.5 Å². The van der Waals surface area contributed by atoms with Crippen molar-refractivity contribution in [2.45, 2.75) is 4.90 Å². The molecule has 4 N–H and O–H groups in total. The highest BCUT2D eigenvalue weighted by atomic mass is 32.2. The summed E-state index contributed by atoms with van der Waals surface area (Å²) in [6.45, 7) is 0. The minimum atomic E-state index is -4.48. The van der Waals surface area contributed by atoms with E-state index in [0.717, 1.165) is 18.2 Å². The number of carbonyl (C=O) groups is 1. The number of hydrogen-bond donors (Lipinski definition) is 4. The lowest BCUT2D eigenvalue weighted by Crippen LogP contribution is -2.17. The monoisotopic (exact) mass is 486 g/mol. The van der Waals surface area contributed by atoms with E-state index in [-0.39, 0.29) is 28.4 Å². The van der Waals surface area contributed by atoms with Crippen molar-refractivity contribution in [1.29, 1.82) is 0 Å². The van der Waals surface area contributed by atoms with Crippen LogP contribution in [0.1, 0.15) is 15.9 Å². The molecule has 0 saturated heterocycles. The van der Waals surface area contributed by atoms with Gasteiger partial charge in [0.1, 0.15) is 4.90 Å². The second-order valence-electron chi connectivity index (χ2n) is 6.70. The number of nitro benzene ring substituents is 1. The van der Waals surface area contributed by atoms with Crippen LogP contribution in [0.3, 0.4) is 0 Å². The molecule has 0 atom stereocenters. The van der Waals surface area contributed by atoms with E-state index in [1.54, 1.807) is 6.07 Å². The first-order valence-electron chi connectivity index (χ1n) is 9.42. The number of phenolic OH excluding ortho intramolecular Hbond substituents is 1. The number of sulfonamides is 1. The number of nitrogens with one attached hydrogen (secondary N) is 2. The van der Waals surface area contributed by atoms with E-state index in [0.29, 0.717) is 5.56 Å². The number of aromatic hydroxyl groups is 1. The number of para-hydroxylation sites is 1. The van der Waals surface area contributed by atoms with E-state index < -0.39 is 31.5 Å². The van der Waals surface area contributed by atoms with Crippen molar-refractivity contribution in [1.82, 2.24) is 0 Å². The summed E-state index contributed by atoms with van der Waals surface area (Å²) >= 11 is 0. The third kappa shape index (κ3) is 5.39. The van der Waals surface area contributed by atoms with Gasteiger partial charge < -0.3 is 14.9 Å². The van der Waals surface area contributed by atoms with Gasteiger partial charge in [0, 0.05) is 12.1 Å². The SMILES string of the molecule is COc1ccc(/C=N/Nc2ccc([N+](=O)[O-])cc2S(=O)(=O)Nc2ccccc2C(=O)O)cc1O. The molecular weight excluding hydrogens is 468 g/mol. The van der Waals surface area contributed by atoms with Crippen molar-refractivity contribution in [2.24, 2.45) is 5.10 Å². The van der Waals surface area contributed by atoms with Gasteiger partial charge >= 0.3 is 5.97 Å². The molecular formula is C21H18N4O8S. The summed E-state index contributed by atoms with van der Waals surface area (Å²) in [5.41, 5.74) is 1.82. The van der Waals surface area contributed by atoms with Crippen LogP contribution in [0, 0.1) is 10.1 Å². The third-order valence-electron chi connectivity index (χ3n) is 4.47. The van der Waals surface area contributed by atoms with Gasteiger partial charge in [-0.2, -0.15) is 5.10 Å². The number of non-ortho nitro benzene ring substituents is 1. The van der Waals surface area contributed by atoms with Crippen molar-refractivity contribution in [3.63, 3.8) is 0 Å². The van der Waals surface area contributed by atoms with Crippen molar-refractivity contribution < 1.29 is 33.1 Å². The molecule has 13 heteroatoms. The fourth-order valence-electron chi connectivity index (χ4n) is 2.86. The smallest absolute Gasteiger partial charge is 0.337 e. The molecule has 3 aromatic rings. The molecule has 0 saturated carbocycles. The van der Waals surface area contributed by atoms with Gasteiger partial charge in [0.15, 0.2) is 11.5 Å². The lowest BCUT2D eigenvalue weighted by Gasteiger charge is -2.13. The van der Waals surface area contributed by atoms with Crippen molar-refractivity contribution in [2.75, 3.05) is 17.3 Å². The summed E-state index contributed by atoms with van der Waals surface area (Å²) in [7, 11) is -3.08. The molecule has 0 radical (unpaired) electrons. The van der Waals surface area contributed by atoms with Gasteiger partial charge in [-0.25, -0.2) is 13.2 Å². The minimum Gasteiger partial charge on any atom is -0.504 e. The molecule has 0 fully saturated rings. The number of hydrazone groups is 1. The number of benzene rings is 3. The van der Waals surface area contributed by atoms with Crippen molar-refractivity contribution in [3.8, 4) is 11.5 Å². The molecule has 0 aliphatic heterocycles. The number of hydrogen-bond acceptors (Lipinski definition) is 9. The first kappa shape index (κ1) is 24.0. The largest absolute Gasteiger partial charge is 0.504 e. The van der Waals surface area contributed by atoms with E-state index in [2.05, 4.69) is 15.2 Å². The minimum absolute atomic E-state index is 0.111. The van der Waals surface area contributed by atoms with Crippen LogP contribution in [-0.4, -0.2) is 42.8 Å². The third-order valence-corrected chi connectivity index (χ3v) is 5.87. The fraction of sp³-hybridized carbons (Fsp3) is 0.0476. The van der Waals surface area contributed by atoms with Gasteiger partial charge in [0.05, 0.1) is 35.2 Å². The van der Waals surface area contributed by atoms with Crippen LogP contribution >= 0.6 is 0 Å². The second-order valence-corrected chi connectivity index (χ2v) is 8.35. The number of rotatable bonds is 9. The zero-order valence-electron chi connectivity index (χ0n) is 17.5. The summed E-state index contributed by atoms with van der Waals surface area (Å²) in [6.07, 6.45) is 1.28. The van der Waals surface area contributed by atoms with E-state index in [9.17, 15) is 33.5 Å². The Balaban J connectivity index is 1.96. The Hall–Kier alpha value is -4.65. The molecule has 0 aromatic heterocycles. The van der Waals surface area contributed by atoms with Crippen LogP contribution in [0.25, 0.3) is 0 Å². The molecule has 0 bridgehead atoms. The zero-order chi connectivity index (χ0) is 24.9. The number of carboxylic acid groups (broad SMARTS) is 1. The summed E-state index contributed by atoms with van der Waals surface area (Å²) < 4.78 is 33.2. The maximum atomic E-state index is 13.1. The molecule has 176 valence electrons. The molecule has 34 heavy (non-hydrogen) atoms. The Morgan fingerprint density at radius 3 is 2.50 bits per heavy atom. The summed E-state index contributed by atoms with van der Waals surface area (Å²) in [4.78, 5) is 21.3. The van der Waals surface area contributed by atoms with E-state index in [4.69, 9.17) is 4.74 Å². The topological polar surface area (TPSA) is 180 Å². The highest BCUT2D eigenvalue weighted by Crippen LogP contribution is 2.29. The Kier molecular flexibility index (Phi) is 6.97. The standard InChI is InChI=1S/C21H18N4O8S/c1-33-19-9-6-13(10-18(19)26)12-22-23-17-8-7-14(25(29)30)11-20(17)34(31,32)24-16-5-3-2-4-15(16)21(27)28/h2-12,23-24,26H,1H3,(H,27,28)/b22-12+. The number of nitrogens with zero attached hydrogens (tertiary/aromatic N) is 2. The highest BCUT2D eigenvalue weighted by Gasteiger charge is 2.24. The van der Waals surface area contributed by atoms with Crippen LogP contribution in [0.4, 0.5) is 17.1 Å². The van der Waals surface area contributed by atoms with E-state index >= 15 is 0 Å². The number of phenols is 1. The average molecular weight is 486 g/mol. The molecule has 0 unspecified atom stereocenters. The summed E-state index contributed by atoms with van der Waals surface area (Å²) in [5, 5.41) is 34.3. The van der Waals surface area contributed by atoms with Crippen molar-refractivity contribution in [3.05, 3.63) is 81.9 Å². The average Bonchev–Trinajstić information content (AvgIpc) is 2.79. The van der Waals surface area contributed by atoms with Crippen LogP contribution in [0.15, 0.2) is 70.7 Å². The first-order valence-corrected chi connectivity index (χ1v) is 10.9. The van der Waals surface area contributed by atoms with Crippen LogP contribution in [0.2, 0.25) is 0 Å². The Labute approximate surface area is 193 Å². The number of ether oxygens (including phenoxy) is 1. The predicted molar refractivity (Wildman–Crippen MR) is 123 cm³/mol. The zero-order valence-corrected chi connectivity index (χ0v) is 18.3. The number of aromatic carboxylic acids is 1. The molecule has 0 aliphatic rings.